The van der Waals surface area contributed by atoms with Crippen molar-refractivity contribution < 1.29 is 19.8 Å². The number of carboxylic acid groups (broad SMARTS) is 1. The van der Waals surface area contributed by atoms with Crippen molar-refractivity contribution in [2.45, 2.75) is 0 Å². The summed E-state index contributed by atoms with van der Waals surface area (Å²) in [5.41, 5.74) is -0.151. The quantitative estimate of drug-likeness (QED) is 0.524. The second kappa shape index (κ2) is 3.51. The van der Waals surface area contributed by atoms with E-state index < -0.39 is 5.97 Å². The van der Waals surface area contributed by atoms with Gasteiger partial charge in [-0.2, -0.15) is 4.99 Å². The van der Waals surface area contributed by atoms with E-state index in [1.807, 2.05) is 0 Å². The molecule has 2 N–H and O–H groups in total. The molecule has 0 saturated carbocycles. The van der Waals surface area contributed by atoms with Crippen LogP contribution in [-0.4, -0.2) is 22.3 Å². The molecule has 5 nitrogen and oxygen atoms in total. The molecule has 0 aliphatic rings. The lowest BCUT2D eigenvalue weighted by Crippen LogP contribution is -1.95. The molecule has 0 aliphatic carbocycles. The molecule has 1 rings (SSSR count). The molecule has 1 aromatic carbocycles. The third-order valence-electron chi connectivity index (χ3n) is 1.39. The molecule has 13 heavy (non-hydrogen) atoms. The van der Waals surface area contributed by atoms with Gasteiger partial charge in [0.05, 0.1) is 5.69 Å². The zero-order valence-electron chi connectivity index (χ0n) is 6.39. The number of hydrogen-bond acceptors (Lipinski definition) is 4. The van der Waals surface area contributed by atoms with Crippen LogP contribution in [0.5, 0.6) is 5.75 Å². The highest BCUT2D eigenvalue weighted by Gasteiger charge is 2.09. The van der Waals surface area contributed by atoms with Gasteiger partial charge in [-0.1, -0.05) is 0 Å². The summed E-state index contributed by atoms with van der Waals surface area (Å²) in [5, 5.41) is 17.6. The van der Waals surface area contributed by atoms with Crippen LogP contribution in [-0.2, 0) is 4.79 Å². The number of aliphatic imine (C=N–C) groups is 1. The van der Waals surface area contributed by atoms with Gasteiger partial charge in [0.1, 0.15) is 11.3 Å². The average Bonchev–Trinajstić information content (AvgIpc) is 2.08. The van der Waals surface area contributed by atoms with Crippen molar-refractivity contribution in [3.8, 4) is 5.75 Å². The Balaban J connectivity index is 3.26. The first kappa shape index (κ1) is 8.96. The van der Waals surface area contributed by atoms with Crippen LogP contribution in [0.25, 0.3) is 0 Å². The smallest absolute Gasteiger partial charge is 0.339 e. The highest BCUT2D eigenvalue weighted by atomic mass is 16.4. The Morgan fingerprint density at radius 1 is 1.46 bits per heavy atom. The first-order valence-electron chi connectivity index (χ1n) is 3.29. The van der Waals surface area contributed by atoms with Gasteiger partial charge in [-0.15, -0.1) is 0 Å². The standard InChI is InChI=1S/C8H5NO4/c10-4-9-5-1-2-7(11)6(3-5)8(12)13/h1-3,11H,(H,12,13). The number of isocyanates is 1. The first-order chi connectivity index (χ1) is 6.15. The fourth-order valence-corrected chi connectivity index (χ4v) is 0.818. The molecule has 0 saturated heterocycles. The van der Waals surface area contributed by atoms with Crippen LogP contribution in [0.1, 0.15) is 10.4 Å². The molecule has 0 heterocycles. The zero-order valence-corrected chi connectivity index (χ0v) is 6.39. The number of aromatic carboxylic acids is 1. The number of carbonyl (C=O) groups excluding carboxylic acids is 1. The summed E-state index contributed by atoms with van der Waals surface area (Å²) in [6.45, 7) is 0. The highest BCUT2D eigenvalue weighted by Crippen LogP contribution is 2.22. The molecule has 5 heteroatoms. The summed E-state index contributed by atoms with van der Waals surface area (Å²) < 4.78 is 0. The van der Waals surface area contributed by atoms with E-state index in [0.29, 0.717) is 0 Å². The first-order valence-corrected chi connectivity index (χ1v) is 3.29. The Bertz CT molecular complexity index is 393. The number of nitrogens with zero attached hydrogens (tertiary/aromatic N) is 1. The van der Waals surface area contributed by atoms with E-state index in [1.165, 1.54) is 12.1 Å². The Morgan fingerprint density at radius 2 is 2.15 bits per heavy atom. The minimum atomic E-state index is -1.28. The lowest BCUT2D eigenvalue weighted by atomic mass is 10.2. The predicted octanol–water partition coefficient (Wildman–Crippen LogP) is 1.06. The van der Waals surface area contributed by atoms with Gasteiger partial charge < -0.3 is 10.2 Å². The van der Waals surface area contributed by atoms with Crippen molar-refractivity contribution in [2.75, 3.05) is 0 Å². The second-order valence-electron chi connectivity index (χ2n) is 2.21. The van der Waals surface area contributed by atoms with E-state index in [4.69, 9.17) is 10.2 Å². The summed E-state index contributed by atoms with van der Waals surface area (Å²) >= 11 is 0. The van der Waals surface area contributed by atoms with E-state index in [9.17, 15) is 9.59 Å². The van der Waals surface area contributed by atoms with Gasteiger partial charge >= 0.3 is 5.97 Å². The molecule has 0 atom stereocenters. The third kappa shape index (κ3) is 1.91. The van der Waals surface area contributed by atoms with Crippen LogP contribution in [0.2, 0.25) is 0 Å². The van der Waals surface area contributed by atoms with E-state index >= 15 is 0 Å². The molecule has 66 valence electrons. The van der Waals surface area contributed by atoms with Gasteiger partial charge in [0, 0.05) is 0 Å². The molecule has 1 aromatic rings. The van der Waals surface area contributed by atoms with Crippen molar-refractivity contribution in [3.63, 3.8) is 0 Å². The van der Waals surface area contributed by atoms with Crippen LogP contribution < -0.4 is 0 Å². The topological polar surface area (TPSA) is 87.0 Å². The number of hydrogen-bond donors (Lipinski definition) is 2. The van der Waals surface area contributed by atoms with Gasteiger partial charge in [-0.25, -0.2) is 9.59 Å². The zero-order chi connectivity index (χ0) is 9.84. The van der Waals surface area contributed by atoms with Crippen LogP contribution in [0.15, 0.2) is 23.2 Å². The predicted molar refractivity (Wildman–Crippen MR) is 42.8 cm³/mol. The Hall–Kier alpha value is -2.13. The molecule has 0 bridgehead atoms. The number of carboxylic acids is 1. The molecular formula is C8H5NO4. The van der Waals surface area contributed by atoms with Crippen molar-refractivity contribution >= 4 is 17.7 Å². The Kier molecular flexibility index (Phi) is 2.42. The minimum Gasteiger partial charge on any atom is -0.507 e. The maximum atomic E-state index is 10.5. The number of aromatic hydroxyl groups is 1. The summed E-state index contributed by atoms with van der Waals surface area (Å²) in [6, 6.07) is 3.55. The van der Waals surface area contributed by atoms with Crippen LogP contribution in [0.4, 0.5) is 5.69 Å². The van der Waals surface area contributed by atoms with Crippen molar-refractivity contribution in [1.29, 1.82) is 0 Å². The highest BCUT2D eigenvalue weighted by molar-refractivity contribution is 5.91. The van der Waals surface area contributed by atoms with Crippen LogP contribution in [0.3, 0.4) is 0 Å². The van der Waals surface area contributed by atoms with Crippen LogP contribution >= 0.6 is 0 Å². The fourth-order valence-electron chi connectivity index (χ4n) is 0.818. The summed E-state index contributed by atoms with van der Waals surface area (Å²) in [4.78, 5) is 23.5. The number of rotatable bonds is 2. The van der Waals surface area contributed by atoms with Gasteiger partial charge in [0.15, 0.2) is 0 Å². The van der Waals surface area contributed by atoms with Crippen molar-refractivity contribution in [1.82, 2.24) is 0 Å². The van der Waals surface area contributed by atoms with Gasteiger partial charge in [0.25, 0.3) is 0 Å². The normalized spacial score (nSPS) is 8.92. The second-order valence-corrected chi connectivity index (χ2v) is 2.21. The molecule has 0 aromatic heterocycles. The molecule has 0 unspecified atom stereocenters. The molecular weight excluding hydrogens is 174 g/mol. The third-order valence-corrected chi connectivity index (χ3v) is 1.39. The molecule has 0 aliphatic heterocycles. The van der Waals surface area contributed by atoms with Crippen LogP contribution in [0, 0.1) is 0 Å². The van der Waals surface area contributed by atoms with E-state index in [-0.39, 0.29) is 17.0 Å². The van der Waals surface area contributed by atoms with E-state index in [1.54, 1.807) is 0 Å². The number of carbonyl (C=O) groups is 1. The average molecular weight is 179 g/mol. The Labute approximate surface area is 73.0 Å². The Morgan fingerprint density at radius 3 is 2.69 bits per heavy atom. The number of phenols is 1. The maximum absolute atomic E-state index is 10.5. The van der Waals surface area contributed by atoms with E-state index in [0.717, 1.165) is 12.1 Å². The van der Waals surface area contributed by atoms with Crippen molar-refractivity contribution in [2.24, 2.45) is 4.99 Å². The molecule has 0 radical (unpaired) electrons. The van der Waals surface area contributed by atoms with Gasteiger partial charge in [-0.05, 0) is 18.2 Å². The molecule has 0 amide bonds. The molecule has 0 fully saturated rings. The summed E-state index contributed by atoms with van der Waals surface area (Å²) in [7, 11) is 0. The maximum Gasteiger partial charge on any atom is 0.339 e. The summed E-state index contributed by atoms with van der Waals surface area (Å²) in [6.07, 6.45) is 1.27. The van der Waals surface area contributed by atoms with Gasteiger partial charge in [-0.3, -0.25) is 0 Å². The molecule has 0 spiro atoms. The summed E-state index contributed by atoms with van der Waals surface area (Å²) in [5.74, 6) is -1.64. The van der Waals surface area contributed by atoms with E-state index in [2.05, 4.69) is 4.99 Å². The monoisotopic (exact) mass is 179 g/mol. The van der Waals surface area contributed by atoms with Gasteiger partial charge in [0.2, 0.25) is 6.08 Å². The fraction of sp³-hybridized carbons (Fsp3) is 0. The minimum absolute atomic E-state index is 0.144. The number of benzene rings is 1. The lowest BCUT2D eigenvalue weighted by Gasteiger charge is -1.98. The largest absolute Gasteiger partial charge is 0.507 e. The lowest BCUT2D eigenvalue weighted by molar-refractivity contribution is 0.0694. The van der Waals surface area contributed by atoms with Crippen molar-refractivity contribution in [3.05, 3.63) is 23.8 Å². The SMILES string of the molecule is O=C=Nc1ccc(O)c(C(=O)O)c1.